The summed E-state index contributed by atoms with van der Waals surface area (Å²) in [5, 5.41) is 4.29. The summed E-state index contributed by atoms with van der Waals surface area (Å²) >= 11 is 0. The molecular weight excluding hydrogens is 256 g/mol. The van der Waals surface area contributed by atoms with Crippen LogP contribution < -0.4 is 9.47 Å². The van der Waals surface area contributed by atoms with Crippen LogP contribution in [0.4, 0.5) is 0 Å². The molecule has 1 aliphatic rings. The fourth-order valence-electron chi connectivity index (χ4n) is 1.99. The molecule has 5 nitrogen and oxygen atoms in total. The van der Waals surface area contributed by atoms with E-state index in [4.69, 9.17) is 14.3 Å². The van der Waals surface area contributed by atoms with Crippen LogP contribution in [-0.4, -0.2) is 51.6 Å². The molecule has 0 unspecified atom stereocenters. The van der Waals surface area contributed by atoms with Crippen molar-refractivity contribution in [2.75, 3.05) is 41.0 Å². The number of ether oxygens (including phenoxy) is 2. The van der Waals surface area contributed by atoms with Crippen molar-refractivity contribution in [3.05, 3.63) is 23.8 Å². The zero-order valence-electron chi connectivity index (χ0n) is 12.4. The molecule has 1 heterocycles. The Kier molecular flexibility index (Phi) is 5.24. The van der Waals surface area contributed by atoms with E-state index in [-0.39, 0.29) is 0 Å². The van der Waals surface area contributed by atoms with E-state index in [2.05, 4.69) is 10.1 Å². The minimum Gasteiger partial charge on any atom is -0.497 e. The third-order valence-electron chi connectivity index (χ3n) is 3.12. The van der Waals surface area contributed by atoms with Crippen LogP contribution in [0.1, 0.15) is 18.4 Å². The number of hydrogen-bond donors (Lipinski definition) is 0. The Morgan fingerprint density at radius 2 is 2.20 bits per heavy atom. The number of likely N-dealkylation sites (N-methyl/N-ethyl adjacent to an activating group) is 1. The van der Waals surface area contributed by atoms with Gasteiger partial charge in [0.15, 0.2) is 0 Å². The molecule has 0 bridgehead atoms. The SMILES string of the molecule is COc1ccc2c(c1)/C(=N\OCCN(C)C)CCCO2. The van der Waals surface area contributed by atoms with Crippen molar-refractivity contribution in [1.82, 2.24) is 4.90 Å². The average molecular weight is 278 g/mol. The summed E-state index contributed by atoms with van der Waals surface area (Å²) < 4.78 is 11.0. The van der Waals surface area contributed by atoms with Crippen molar-refractivity contribution in [2.45, 2.75) is 12.8 Å². The van der Waals surface area contributed by atoms with E-state index in [9.17, 15) is 0 Å². The molecule has 0 N–H and O–H groups in total. The van der Waals surface area contributed by atoms with Gasteiger partial charge in [-0.1, -0.05) is 5.16 Å². The number of benzene rings is 1. The average Bonchev–Trinajstić information content (AvgIpc) is 2.65. The fourth-order valence-corrected chi connectivity index (χ4v) is 1.99. The van der Waals surface area contributed by atoms with Crippen molar-refractivity contribution in [3.63, 3.8) is 0 Å². The van der Waals surface area contributed by atoms with Gasteiger partial charge in [-0.05, 0) is 45.1 Å². The van der Waals surface area contributed by atoms with Crippen molar-refractivity contribution in [2.24, 2.45) is 5.16 Å². The van der Waals surface area contributed by atoms with E-state index < -0.39 is 0 Å². The molecule has 2 rings (SSSR count). The zero-order valence-corrected chi connectivity index (χ0v) is 12.4. The van der Waals surface area contributed by atoms with Gasteiger partial charge in [0.2, 0.25) is 0 Å². The summed E-state index contributed by atoms with van der Waals surface area (Å²) in [5.41, 5.74) is 1.89. The van der Waals surface area contributed by atoms with Crippen molar-refractivity contribution >= 4 is 5.71 Å². The Balaban J connectivity index is 2.15. The first-order chi connectivity index (χ1) is 9.70. The summed E-state index contributed by atoms with van der Waals surface area (Å²) in [7, 11) is 5.68. The number of methoxy groups -OCH3 is 1. The van der Waals surface area contributed by atoms with Gasteiger partial charge in [0, 0.05) is 12.1 Å². The maximum Gasteiger partial charge on any atom is 0.129 e. The molecule has 5 heteroatoms. The van der Waals surface area contributed by atoms with Gasteiger partial charge >= 0.3 is 0 Å². The van der Waals surface area contributed by atoms with Crippen LogP contribution in [0.5, 0.6) is 11.5 Å². The van der Waals surface area contributed by atoms with Crippen LogP contribution in [0.2, 0.25) is 0 Å². The smallest absolute Gasteiger partial charge is 0.129 e. The molecule has 0 saturated carbocycles. The van der Waals surface area contributed by atoms with Gasteiger partial charge in [-0.3, -0.25) is 0 Å². The Labute approximate surface area is 120 Å². The van der Waals surface area contributed by atoms with E-state index in [1.807, 2.05) is 32.3 Å². The van der Waals surface area contributed by atoms with E-state index in [0.29, 0.717) is 13.2 Å². The van der Waals surface area contributed by atoms with Crippen LogP contribution in [0.15, 0.2) is 23.4 Å². The lowest BCUT2D eigenvalue weighted by Gasteiger charge is -2.11. The summed E-state index contributed by atoms with van der Waals surface area (Å²) in [6, 6.07) is 5.78. The number of rotatable bonds is 5. The third-order valence-corrected chi connectivity index (χ3v) is 3.12. The third kappa shape index (κ3) is 3.87. The summed E-state index contributed by atoms with van der Waals surface area (Å²) in [5.74, 6) is 1.65. The van der Waals surface area contributed by atoms with E-state index in [1.54, 1.807) is 7.11 Å². The summed E-state index contributed by atoms with van der Waals surface area (Å²) in [4.78, 5) is 7.48. The quantitative estimate of drug-likeness (QED) is 0.611. The standard InChI is InChI=1S/C15H22N2O3/c1-17(2)8-10-20-16-14-5-4-9-19-15-7-6-12(18-3)11-13(14)15/h6-7,11H,4-5,8-10H2,1-3H3/b16-14-. The molecule has 0 aliphatic carbocycles. The van der Waals surface area contributed by atoms with Gasteiger partial charge in [-0.25, -0.2) is 0 Å². The molecule has 0 amide bonds. The highest BCUT2D eigenvalue weighted by Crippen LogP contribution is 2.28. The highest BCUT2D eigenvalue weighted by Gasteiger charge is 2.16. The lowest BCUT2D eigenvalue weighted by Crippen LogP contribution is -2.17. The number of fused-ring (bicyclic) bond motifs is 1. The minimum atomic E-state index is 0.580. The van der Waals surface area contributed by atoms with Crippen LogP contribution in [-0.2, 0) is 4.84 Å². The Bertz CT molecular complexity index is 472. The van der Waals surface area contributed by atoms with Crippen LogP contribution >= 0.6 is 0 Å². The van der Waals surface area contributed by atoms with E-state index >= 15 is 0 Å². The van der Waals surface area contributed by atoms with Crippen molar-refractivity contribution in [1.29, 1.82) is 0 Å². The van der Waals surface area contributed by atoms with E-state index in [0.717, 1.165) is 42.2 Å². The van der Waals surface area contributed by atoms with Gasteiger partial charge in [-0.15, -0.1) is 0 Å². The Morgan fingerprint density at radius 1 is 1.35 bits per heavy atom. The zero-order chi connectivity index (χ0) is 14.4. The first-order valence-corrected chi connectivity index (χ1v) is 6.85. The maximum absolute atomic E-state index is 5.72. The van der Waals surface area contributed by atoms with E-state index in [1.165, 1.54) is 0 Å². The lowest BCUT2D eigenvalue weighted by atomic mass is 10.1. The van der Waals surface area contributed by atoms with Crippen molar-refractivity contribution in [3.8, 4) is 11.5 Å². The monoisotopic (exact) mass is 278 g/mol. The second-order valence-electron chi connectivity index (χ2n) is 4.99. The van der Waals surface area contributed by atoms with Gasteiger partial charge in [0.25, 0.3) is 0 Å². The highest BCUT2D eigenvalue weighted by molar-refractivity contribution is 6.03. The Morgan fingerprint density at radius 3 is 2.95 bits per heavy atom. The number of hydrogen-bond acceptors (Lipinski definition) is 5. The van der Waals surface area contributed by atoms with Gasteiger partial charge in [-0.2, -0.15) is 0 Å². The Hall–Kier alpha value is -1.75. The molecule has 1 aromatic carbocycles. The van der Waals surface area contributed by atoms with Gasteiger partial charge < -0.3 is 19.2 Å². The molecular formula is C15H22N2O3. The predicted octanol–water partition coefficient (Wildman–Crippen LogP) is 2.15. The molecule has 0 aromatic heterocycles. The highest BCUT2D eigenvalue weighted by atomic mass is 16.6. The number of oxime groups is 1. The van der Waals surface area contributed by atoms with Crippen LogP contribution in [0.25, 0.3) is 0 Å². The fraction of sp³-hybridized carbons (Fsp3) is 0.533. The topological polar surface area (TPSA) is 43.3 Å². The van der Waals surface area contributed by atoms with Crippen molar-refractivity contribution < 1.29 is 14.3 Å². The lowest BCUT2D eigenvalue weighted by molar-refractivity contribution is 0.125. The molecule has 20 heavy (non-hydrogen) atoms. The second kappa shape index (κ2) is 7.14. The normalized spacial score (nSPS) is 16.5. The van der Waals surface area contributed by atoms with Gasteiger partial charge in [0.1, 0.15) is 18.1 Å². The molecule has 0 radical (unpaired) electrons. The van der Waals surface area contributed by atoms with Gasteiger partial charge in [0.05, 0.1) is 19.4 Å². The minimum absolute atomic E-state index is 0.580. The van der Waals surface area contributed by atoms with Crippen LogP contribution in [0, 0.1) is 0 Å². The second-order valence-corrected chi connectivity index (χ2v) is 4.99. The number of nitrogens with zero attached hydrogens (tertiary/aromatic N) is 2. The molecule has 0 fully saturated rings. The first kappa shape index (κ1) is 14.7. The maximum atomic E-state index is 5.72. The predicted molar refractivity (Wildman–Crippen MR) is 78.8 cm³/mol. The molecule has 110 valence electrons. The molecule has 0 spiro atoms. The largest absolute Gasteiger partial charge is 0.497 e. The summed E-state index contributed by atoms with van der Waals surface area (Å²) in [6.45, 7) is 2.13. The summed E-state index contributed by atoms with van der Waals surface area (Å²) in [6.07, 6.45) is 1.79. The molecule has 0 saturated heterocycles. The molecule has 1 aliphatic heterocycles. The first-order valence-electron chi connectivity index (χ1n) is 6.85. The molecule has 0 atom stereocenters. The van der Waals surface area contributed by atoms with Crippen LogP contribution in [0.3, 0.4) is 0 Å². The molecule has 1 aromatic rings.